The lowest BCUT2D eigenvalue weighted by Crippen LogP contribution is -1.98. The molecule has 0 atom stereocenters. The first-order valence-electron chi connectivity index (χ1n) is 4.18. The van der Waals surface area contributed by atoms with Crippen LogP contribution in [0, 0.1) is 0 Å². The van der Waals surface area contributed by atoms with Crippen LogP contribution in [0.5, 0.6) is 0 Å². The van der Waals surface area contributed by atoms with Crippen LogP contribution in [0.1, 0.15) is 18.9 Å². The number of aromatic nitrogens is 1. The van der Waals surface area contributed by atoms with Gasteiger partial charge in [0, 0.05) is 18.0 Å². The molecule has 1 aromatic heterocycles. The average molecular weight is 212 g/mol. The first-order chi connectivity index (χ1) is 6.63. The maximum Gasteiger partial charge on any atom is 0.331 e. The van der Waals surface area contributed by atoms with Crippen molar-refractivity contribution in [3.05, 3.63) is 34.6 Å². The highest BCUT2D eigenvalue weighted by Crippen LogP contribution is 2.13. The Morgan fingerprint density at radius 3 is 2.86 bits per heavy atom. The fourth-order valence-corrected chi connectivity index (χ4v) is 1.21. The van der Waals surface area contributed by atoms with E-state index in [9.17, 15) is 4.79 Å². The molecule has 0 unspecified atom stereocenters. The summed E-state index contributed by atoms with van der Waals surface area (Å²) in [5, 5.41) is 9.28. The maximum atomic E-state index is 10.7. The van der Waals surface area contributed by atoms with Gasteiger partial charge in [-0.3, -0.25) is 4.98 Å². The van der Waals surface area contributed by atoms with Gasteiger partial charge < -0.3 is 5.11 Å². The molecule has 1 N–H and O–H groups in total. The fourth-order valence-electron chi connectivity index (χ4n) is 1.02. The van der Waals surface area contributed by atoms with Gasteiger partial charge in [-0.25, -0.2) is 4.79 Å². The molecule has 0 aliphatic rings. The first kappa shape index (κ1) is 10.7. The standard InChI is InChI=1S/C10H10ClNO2/c1-2-8(10(13)14)3-7-4-9(11)6-12-5-7/h3-6H,2H2,1H3,(H,13,14)/b8-3+. The molecule has 0 aromatic carbocycles. The molecule has 1 heterocycles. The summed E-state index contributed by atoms with van der Waals surface area (Å²) in [5.41, 5.74) is 1.05. The summed E-state index contributed by atoms with van der Waals surface area (Å²) in [6, 6.07) is 1.67. The van der Waals surface area contributed by atoms with Gasteiger partial charge in [-0.05, 0) is 24.1 Å². The minimum Gasteiger partial charge on any atom is -0.478 e. The number of hydrogen-bond acceptors (Lipinski definition) is 2. The molecule has 0 aliphatic carbocycles. The van der Waals surface area contributed by atoms with Crippen molar-refractivity contribution in [1.29, 1.82) is 0 Å². The summed E-state index contributed by atoms with van der Waals surface area (Å²) in [6.07, 6.45) is 5.12. The maximum absolute atomic E-state index is 10.7. The lowest BCUT2D eigenvalue weighted by Gasteiger charge is -1.98. The number of halogens is 1. The lowest BCUT2D eigenvalue weighted by molar-refractivity contribution is -0.132. The summed E-state index contributed by atoms with van der Waals surface area (Å²) in [5.74, 6) is -0.910. The smallest absolute Gasteiger partial charge is 0.331 e. The molecule has 0 saturated carbocycles. The topological polar surface area (TPSA) is 50.2 Å². The van der Waals surface area contributed by atoms with E-state index in [1.165, 1.54) is 6.20 Å². The van der Waals surface area contributed by atoms with Crippen molar-refractivity contribution >= 4 is 23.6 Å². The van der Waals surface area contributed by atoms with Gasteiger partial charge in [-0.1, -0.05) is 18.5 Å². The number of carboxylic acid groups (broad SMARTS) is 1. The molecular formula is C10H10ClNO2. The highest BCUT2D eigenvalue weighted by atomic mass is 35.5. The predicted octanol–water partition coefficient (Wildman–Crippen LogP) is 2.61. The van der Waals surface area contributed by atoms with Crippen LogP contribution in [0.2, 0.25) is 5.02 Å². The second-order valence-corrected chi connectivity index (χ2v) is 3.20. The van der Waals surface area contributed by atoms with E-state index in [2.05, 4.69) is 4.98 Å². The Hall–Kier alpha value is -1.35. The molecule has 1 aromatic rings. The molecule has 4 heteroatoms. The van der Waals surface area contributed by atoms with E-state index in [4.69, 9.17) is 16.7 Å². The Bertz CT molecular complexity index is 374. The van der Waals surface area contributed by atoms with E-state index >= 15 is 0 Å². The van der Waals surface area contributed by atoms with Crippen molar-refractivity contribution in [1.82, 2.24) is 4.98 Å². The monoisotopic (exact) mass is 211 g/mol. The Balaban J connectivity index is 3.00. The van der Waals surface area contributed by atoms with Gasteiger partial charge in [0.05, 0.1) is 5.02 Å². The number of aliphatic carboxylic acids is 1. The van der Waals surface area contributed by atoms with Crippen LogP contribution < -0.4 is 0 Å². The molecule has 0 aliphatic heterocycles. The normalized spacial score (nSPS) is 11.4. The van der Waals surface area contributed by atoms with E-state index in [-0.39, 0.29) is 0 Å². The fraction of sp³-hybridized carbons (Fsp3) is 0.200. The molecular weight excluding hydrogens is 202 g/mol. The third-order valence-corrected chi connectivity index (χ3v) is 1.93. The number of pyridine rings is 1. The number of nitrogens with zero attached hydrogens (tertiary/aromatic N) is 1. The molecule has 1 rings (SSSR count). The van der Waals surface area contributed by atoms with Crippen molar-refractivity contribution in [3.63, 3.8) is 0 Å². The van der Waals surface area contributed by atoms with Crippen LogP contribution in [-0.4, -0.2) is 16.1 Å². The van der Waals surface area contributed by atoms with Gasteiger partial charge in [0.1, 0.15) is 0 Å². The van der Waals surface area contributed by atoms with E-state index in [1.807, 2.05) is 0 Å². The van der Waals surface area contributed by atoms with Crippen molar-refractivity contribution in [2.75, 3.05) is 0 Å². The van der Waals surface area contributed by atoms with Crippen molar-refractivity contribution in [2.45, 2.75) is 13.3 Å². The number of carbonyl (C=O) groups is 1. The van der Waals surface area contributed by atoms with Crippen LogP contribution in [0.4, 0.5) is 0 Å². The summed E-state index contributed by atoms with van der Waals surface area (Å²) in [7, 11) is 0. The van der Waals surface area contributed by atoms with Gasteiger partial charge in [-0.15, -0.1) is 0 Å². The van der Waals surface area contributed by atoms with E-state index in [1.54, 1.807) is 25.3 Å². The Morgan fingerprint density at radius 2 is 2.36 bits per heavy atom. The third-order valence-electron chi connectivity index (χ3n) is 1.72. The van der Waals surface area contributed by atoms with Gasteiger partial charge >= 0.3 is 5.97 Å². The third kappa shape index (κ3) is 2.85. The molecule has 14 heavy (non-hydrogen) atoms. The number of carboxylic acids is 1. The molecule has 0 saturated heterocycles. The van der Waals surface area contributed by atoms with E-state index in [0.717, 1.165) is 0 Å². The van der Waals surface area contributed by atoms with Gasteiger partial charge in [0.15, 0.2) is 0 Å². The summed E-state index contributed by atoms with van der Waals surface area (Å²) in [6.45, 7) is 1.79. The Morgan fingerprint density at radius 1 is 1.64 bits per heavy atom. The summed E-state index contributed by atoms with van der Waals surface area (Å²) in [4.78, 5) is 14.6. The van der Waals surface area contributed by atoms with Crippen LogP contribution >= 0.6 is 11.6 Å². The Labute approximate surface area is 87.0 Å². The Kier molecular flexibility index (Phi) is 3.65. The minimum atomic E-state index is -0.910. The largest absolute Gasteiger partial charge is 0.478 e. The zero-order valence-corrected chi connectivity index (χ0v) is 8.45. The molecule has 0 spiro atoms. The predicted molar refractivity (Wildman–Crippen MR) is 55.2 cm³/mol. The second kappa shape index (κ2) is 4.77. The SMILES string of the molecule is CC/C(=C\c1cncc(Cl)c1)C(=O)O. The first-order valence-corrected chi connectivity index (χ1v) is 4.55. The highest BCUT2D eigenvalue weighted by Gasteiger charge is 2.04. The van der Waals surface area contributed by atoms with Gasteiger partial charge in [0.2, 0.25) is 0 Å². The number of hydrogen-bond donors (Lipinski definition) is 1. The number of rotatable bonds is 3. The van der Waals surface area contributed by atoms with E-state index < -0.39 is 5.97 Å². The van der Waals surface area contributed by atoms with Crippen LogP contribution in [0.3, 0.4) is 0 Å². The van der Waals surface area contributed by atoms with Crippen molar-refractivity contribution < 1.29 is 9.90 Å². The van der Waals surface area contributed by atoms with Gasteiger partial charge in [0.25, 0.3) is 0 Å². The lowest BCUT2D eigenvalue weighted by atomic mass is 10.1. The van der Waals surface area contributed by atoms with E-state index in [0.29, 0.717) is 22.6 Å². The summed E-state index contributed by atoms with van der Waals surface area (Å²) >= 11 is 5.71. The van der Waals surface area contributed by atoms with Crippen LogP contribution in [0.25, 0.3) is 6.08 Å². The zero-order chi connectivity index (χ0) is 10.6. The summed E-state index contributed by atoms with van der Waals surface area (Å²) < 4.78 is 0. The molecule has 0 bridgehead atoms. The quantitative estimate of drug-likeness (QED) is 0.782. The molecule has 0 radical (unpaired) electrons. The van der Waals surface area contributed by atoms with Gasteiger partial charge in [-0.2, -0.15) is 0 Å². The van der Waals surface area contributed by atoms with Crippen molar-refractivity contribution in [3.8, 4) is 0 Å². The second-order valence-electron chi connectivity index (χ2n) is 2.76. The van der Waals surface area contributed by atoms with Crippen LogP contribution in [0.15, 0.2) is 24.0 Å². The molecule has 3 nitrogen and oxygen atoms in total. The van der Waals surface area contributed by atoms with Crippen LogP contribution in [-0.2, 0) is 4.79 Å². The molecule has 0 amide bonds. The average Bonchev–Trinajstić information content (AvgIpc) is 2.14. The molecule has 0 fully saturated rings. The highest BCUT2D eigenvalue weighted by molar-refractivity contribution is 6.30. The zero-order valence-electron chi connectivity index (χ0n) is 7.70. The molecule has 74 valence electrons. The van der Waals surface area contributed by atoms with Crippen molar-refractivity contribution in [2.24, 2.45) is 0 Å². The minimum absolute atomic E-state index is 0.342.